The number of nitrogens with two attached hydrogens (primary N) is 1. The fraction of sp³-hybridized carbons (Fsp3) is 0.348. The Bertz CT molecular complexity index is 784. The zero-order valence-electron chi connectivity index (χ0n) is 16.9. The van der Waals surface area contributed by atoms with E-state index < -0.39 is 24.1 Å². The predicted octanol–water partition coefficient (Wildman–Crippen LogP) is 2.25. The van der Waals surface area contributed by atoms with Gasteiger partial charge in [0.2, 0.25) is 12.2 Å². The minimum Gasteiger partial charge on any atom is -0.445 e. The van der Waals surface area contributed by atoms with E-state index >= 15 is 0 Å². The Balaban J connectivity index is 1.98. The SMILES string of the molecule is NCCCC[C@H]([C]=O)NC(=O)[C@@H](Cc1ccccc1)NC(=O)OCc1ccccc1. The summed E-state index contributed by atoms with van der Waals surface area (Å²) in [5, 5.41) is 5.26. The van der Waals surface area contributed by atoms with E-state index in [-0.39, 0.29) is 13.0 Å². The van der Waals surface area contributed by atoms with Gasteiger partial charge in [0.05, 0.1) is 6.04 Å². The van der Waals surface area contributed by atoms with Crippen LogP contribution < -0.4 is 16.4 Å². The molecule has 0 saturated carbocycles. The standard InChI is InChI=1S/C23H28N3O4/c24-14-8-7-13-20(16-27)25-22(28)21(15-18-9-3-1-4-10-18)26-23(29)30-17-19-11-5-2-6-12-19/h1-6,9-12,20-21H,7-8,13-15,17,24H2,(H,25,28)(H,26,29)/t20-,21-/m1/s1. The first-order chi connectivity index (χ1) is 14.6. The summed E-state index contributed by atoms with van der Waals surface area (Å²) < 4.78 is 5.24. The van der Waals surface area contributed by atoms with Crippen molar-refractivity contribution in [1.82, 2.24) is 10.6 Å². The molecule has 7 heteroatoms. The number of amides is 2. The van der Waals surface area contributed by atoms with Gasteiger partial charge in [-0.25, -0.2) is 4.79 Å². The van der Waals surface area contributed by atoms with Gasteiger partial charge in [-0.15, -0.1) is 0 Å². The van der Waals surface area contributed by atoms with Crippen LogP contribution in [0.2, 0.25) is 0 Å². The minimum atomic E-state index is -0.888. The molecule has 0 fully saturated rings. The van der Waals surface area contributed by atoms with Crippen LogP contribution in [0, 0.1) is 0 Å². The first-order valence-corrected chi connectivity index (χ1v) is 10.0. The van der Waals surface area contributed by atoms with E-state index in [1.54, 1.807) is 0 Å². The van der Waals surface area contributed by atoms with Crippen molar-refractivity contribution in [2.75, 3.05) is 6.54 Å². The second-order valence-corrected chi connectivity index (χ2v) is 6.91. The molecule has 0 aliphatic carbocycles. The van der Waals surface area contributed by atoms with E-state index in [0.717, 1.165) is 17.5 Å². The molecule has 0 aliphatic heterocycles. The largest absolute Gasteiger partial charge is 0.445 e. The predicted molar refractivity (Wildman–Crippen MR) is 114 cm³/mol. The van der Waals surface area contributed by atoms with Crippen molar-refractivity contribution < 1.29 is 19.1 Å². The summed E-state index contributed by atoms with van der Waals surface area (Å²) in [5.74, 6) is -0.461. The van der Waals surface area contributed by atoms with Crippen molar-refractivity contribution in [3.63, 3.8) is 0 Å². The fourth-order valence-electron chi connectivity index (χ4n) is 2.89. The lowest BCUT2D eigenvalue weighted by molar-refractivity contribution is -0.123. The number of benzene rings is 2. The lowest BCUT2D eigenvalue weighted by Gasteiger charge is -2.20. The average Bonchev–Trinajstić information content (AvgIpc) is 2.78. The number of unbranched alkanes of at least 4 members (excludes halogenated alkanes) is 1. The molecule has 4 N–H and O–H groups in total. The van der Waals surface area contributed by atoms with E-state index in [4.69, 9.17) is 10.5 Å². The van der Waals surface area contributed by atoms with Crippen LogP contribution in [0.3, 0.4) is 0 Å². The lowest BCUT2D eigenvalue weighted by atomic mass is 10.0. The summed E-state index contributed by atoms with van der Waals surface area (Å²) in [6.07, 6.45) is 3.31. The zero-order valence-corrected chi connectivity index (χ0v) is 16.9. The number of nitrogens with one attached hydrogen (secondary N) is 2. The van der Waals surface area contributed by atoms with Crippen LogP contribution in [-0.4, -0.2) is 36.9 Å². The molecule has 2 aromatic carbocycles. The van der Waals surface area contributed by atoms with Gasteiger partial charge in [0.15, 0.2) is 0 Å². The van der Waals surface area contributed by atoms with Crippen LogP contribution in [0.4, 0.5) is 4.79 Å². The van der Waals surface area contributed by atoms with Crippen molar-refractivity contribution >= 4 is 18.3 Å². The Morgan fingerprint density at radius 3 is 2.17 bits per heavy atom. The lowest BCUT2D eigenvalue weighted by Crippen LogP contribution is -2.51. The summed E-state index contributed by atoms with van der Waals surface area (Å²) >= 11 is 0. The average molecular weight is 410 g/mol. The molecular formula is C23H28N3O4. The molecule has 0 unspecified atom stereocenters. The number of rotatable bonds is 12. The normalized spacial score (nSPS) is 12.4. The molecular weight excluding hydrogens is 382 g/mol. The molecule has 0 spiro atoms. The van der Waals surface area contributed by atoms with Gasteiger partial charge in [0, 0.05) is 6.42 Å². The molecule has 1 radical (unpaired) electrons. The first kappa shape index (κ1) is 23.1. The Morgan fingerprint density at radius 1 is 0.933 bits per heavy atom. The van der Waals surface area contributed by atoms with Crippen molar-refractivity contribution in [2.24, 2.45) is 5.73 Å². The summed E-state index contributed by atoms with van der Waals surface area (Å²) in [7, 11) is 0. The highest BCUT2D eigenvalue weighted by molar-refractivity contribution is 5.87. The third kappa shape index (κ3) is 8.45. The molecule has 2 atom stereocenters. The molecule has 2 rings (SSSR count). The summed E-state index contributed by atoms with van der Waals surface area (Å²) in [5.41, 5.74) is 7.18. The number of hydrogen-bond acceptors (Lipinski definition) is 5. The third-order valence-corrected chi connectivity index (χ3v) is 4.51. The molecule has 159 valence electrons. The van der Waals surface area contributed by atoms with Gasteiger partial charge in [-0.1, -0.05) is 60.7 Å². The summed E-state index contributed by atoms with van der Waals surface area (Å²) in [6.45, 7) is 0.612. The highest BCUT2D eigenvalue weighted by Crippen LogP contribution is 2.07. The van der Waals surface area contributed by atoms with Crippen molar-refractivity contribution in [3.8, 4) is 0 Å². The van der Waals surface area contributed by atoms with Crippen LogP contribution in [0.15, 0.2) is 60.7 Å². The van der Waals surface area contributed by atoms with Gasteiger partial charge < -0.3 is 21.1 Å². The second kappa shape index (κ2) is 13.1. The number of hydrogen-bond donors (Lipinski definition) is 3. The molecule has 0 aromatic heterocycles. The Hall–Kier alpha value is -3.19. The quantitative estimate of drug-likeness (QED) is 0.465. The Kier molecular flexibility index (Phi) is 10.1. The molecule has 0 aliphatic rings. The summed E-state index contributed by atoms with van der Waals surface area (Å²) in [6, 6.07) is 16.9. The van der Waals surface area contributed by atoms with Crippen LogP contribution in [0.5, 0.6) is 0 Å². The third-order valence-electron chi connectivity index (χ3n) is 4.51. The van der Waals surface area contributed by atoms with Crippen molar-refractivity contribution in [2.45, 2.75) is 44.4 Å². The van der Waals surface area contributed by atoms with E-state index in [1.165, 1.54) is 0 Å². The van der Waals surface area contributed by atoms with Gasteiger partial charge in [-0.3, -0.25) is 9.59 Å². The van der Waals surface area contributed by atoms with Crippen LogP contribution in [0.25, 0.3) is 0 Å². The van der Waals surface area contributed by atoms with Crippen LogP contribution >= 0.6 is 0 Å². The zero-order chi connectivity index (χ0) is 21.6. The highest BCUT2D eigenvalue weighted by atomic mass is 16.5. The van der Waals surface area contributed by atoms with E-state index in [2.05, 4.69) is 10.6 Å². The molecule has 7 nitrogen and oxygen atoms in total. The Morgan fingerprint density at radius 2 is 1.57 bits per heavy atom. The maximum absolute atomic E-state index is 12.8. The van der Waals surface area contributed by atoms with Gasteiger partial charge in [0.1, 0.15) is 12.6 Å². The minimum absolute atomic E-state index is 0.0934. The molecule has 2 amide bonds. The second-order valence-electron chi connectivity index (χ2n) is 6.91. The first-order valence-electron chi connectivity index (χ1n) is 10.0. The molecule has 0 bridgehead atoms. The topological polar surface area (TPSA) is 111 Å². The van der Waals surface area contributed by atoms with Crippen LogP contribution in [-0.2, 0) is 27.4 Å². The van der Waals surface area contributed by atoms with E-state index in [1.807, 2.05) is 66.9 Å². The van der Waals surface area contributed by atoms with Gasteiger partial charge in [0.25, 0.3) is 0 Å². The van der Waals surface area contributed by atoms with Gasteiger partial charge >= 0.3 is 6.09 Å². The van der Waals surface area contributed by atoms with E-state index in [0.29, 0.717) is 19.4 Å². The number of carbonyl (C=O) groups excluding carboxylic acids is 3. The Labute approximate surface area is 177 Å². The molecule has 2 aromatic rings. The maximum atomic E-state index is 12.8. The highest BCUT2D eigenvalue weighted by Gasteiger charge is 2.24. The maximum Gasteiger partial charge on any atom is 0.408 e. The number of carbonyl (C=O) groups is 2. The van der Waals surface area contributed by atoms with Gasteiger partial charge in [-0.2, -0.15) is 0 Å². The smallest absolute Gasteiger partial charge is 0.408 e. The number of ether oxygens (including phenoxy) is 1. The van der Waals surface area contributed by atoms with Crippen LogP contribution in [0.1, 0.15) is 30.4 Å². The van der Waals surface area contributed by atoms with Crippen molar-refractivity contribution in [1.29, 1.82) is 0 Å². The molecule has 0 heterocycles. The number of alkyl carbamates (subject to hydrolysis) is 1. The fourth-order valence-corrected chi connectivity index (χ4v) is 2.89. The monoisotopic (exact) mass is 410 g/mol. The van der Waals surface area contributed by atoms with Crippen molar-refractivity contribution in [3.05, 3.63) is 71.8 Å². The summed E-state index contributed by atoms with van der Waals surface area (Å²) in [4.78, 5) is 36.3. The van der Waals surface area contributed by atoms with Gasteiger partial charge in [-0.05, 0) is 36.9 Å². The van der Waals surface area contributed by atoms with E-state index in [9.17, 15) is 14.4 Å². The molecule has 0 saturated heterocycles. The molecule has 30 heavy (non-hydrogen) atoms.